The minimum Gasteiger partial charge on any atom is -0.390 e. The minimum absolute atomic E-state index is 0.0152. The van der Waals surface area contributed by atoms with Gasteiger partial charge in [-0.25, -0.2) is 4.39 Å². The molecule has 0 saturated carbocycles. The number of rotatable bonds is 1. The fourth-order valence-electron chi connectivity index (χ4n) is 1.88. The lowest BCUT2D eigenvalue weighted by Gasteiger charge is -2.00. The van der Waals surface area contributed by atoms with Gasteiger partial charge in [-0.1, -0.05) is 0 Å². The van der Waals surface area contributed by atoms with Crippen molar-refractivity contribution in [2.75, 3.05) is 0 Å². The van der Waals surface area contributed by atoms with Crippen molar-refractivity contribution in [3.05, 3.63) is 35.3 Å². The van der Waals surface area contributed by atoms with Crippen molar-refractivity contribution in [2.45, 2.75) is 13.5 Å². The summed E-state index contributed by atoms with van der Waals surface area (Å²) in [7, 11) is 1.87. The molecule has 0 amide bonds. The molecule has 2 nitrogen and oxygen atoms in total. The van der Waals surface area contributed by atoms with Crippen LogP contribution >= 0.6 is 0 Å². The lowest BCUT2D eigenvalue weighted by molar-refractivity contribution is 0.272. The molecule has 0 spiro atoms. The fourth-order valence-corrected chi connectivity index (χ4v) is 1.88. The predicted octanol–water partition coefficient (Wildman–Crippen LogP) is 2.12. The number of benzene rings is 1. The number of fused-ring (bicyclic) bond motifs is 1. The Balaban J connectivity index is 2.87. The smallest absolute Gasteiger partial charge is 0.123 e. The second-order valence-corrected chi connectivity index (χ2v) is 3.45. The molecule has 0 aliphatic carbocycles. The third-order valence-corrected chi connectivity index (χ3v) is 2.71. The Morgan fingerprint density at radius 1 is 1.43 bits per heavy atom. The van der Waals surface area contributed by atoms with E-state index in [1.807, 2.05) is 18.5 Å². The largest absolute Gasteiger partial charge is 0.390 e. The first kappa shape index (κ1) is 9.21. The molecule has 0 aliphatic heterocycles. The predicted molar refractivity (Wildman–Crippen MR) is 53.5 cm³/mol. The van der Waals surface area contributed by atoms with Crippen LogP contribution in [0, 0.1) is 12.7 Å². The molecule has 1 heterocycles. The standard InChI is InChI=1S/C11H12FNO/c1-7-9-5-8(12)3-4-10(9)13(2)11(7)6-14/h3-5,14H,6H2,1-2H3. The molecule has 14 heavy (non-hydrogen) atoms. The number of nitrogens with zero attached hydrogens (tertiary/aromatic N) is 1. The van der Waals surface area contributed by atoms with Gasteiger partial charge in [0.2, 0.25) is 0 Å². The summed E-state index contributed by atoms with van der Waals surface area (Å²) < 4.78 is 14.9. The lowest BCUT2D eigenvalue weighted by Crippen LogP contribution is -1.96. The van der Waals surface area contributed by atoms with Gasteiger partial charge in [0.1, 0.15) is 5.82 Å². The first-order valence-electron chi connectivity index (χ1n) is 4.49. The highest BCUT2D eigenvalue weighted by molar-refractivity contribution is 5.85. The highest BCUT2D eigenvalue weighted by Crippen LogP contribution is 2.25. The summed E-state index contributed by atoms with van der Waals surface area (Å²) in [6, 6.07) is 4.67. The summed E-state index contributed by atoms with van der Waals surface area (Å²) in [4.78, 5) is 0. The molecular formula is C11H12FNO. The van der Waals surface area contributed by atoms with E-state index in [2.05, 4.69) is 0 Å². The van der Waals surface area contributed by atoms with E-state index >= 15 is 0 Å². The monoisotopic (exact) mass is 193 g/mol. The molecule has 2 rings (SSSR count). The summed E-state index contributed by atoms with van der Waals surface area (Å²) in [6.45, 7) is 1.88. The van der Waals surface area contributed by atoms with Crippen LogP contribution in [-0.4, -0.2) is 9.67 Å². The Morgan fingerprint density at radius 2 is 2.14 bits per heavy atom. The molecule has 1 N–H and O–H groups in total. The number of aliphatic hydroxyl groups excluding tert-OH is 1. The van der Waals surface area contributed by atoms with Crippen molar-refractivity contribution in [1.29, 1.82) is 0 Å². The van der Waals surface area contributed by atoms with Gasteiger partial charge in [-0.3, -0.25) is 0 Å². The Hall–Kier alpha value is -1.35. The number of hydrogen-bond donors (Lipinski definition) is 1. The van der Waals surface area contributed by atoms with Gasteiger partial charge < -0.3 is 9.67 Å². The Labute approximate surface area is 81.6 Å². The van der Waals surface area contributed by atoms with Crippen LogP contribution in [0.1, 0.15) is 11.3 Å². The average molecular weight is 193 g/mol. The van der Waals surface area contributed by atoms with Crippen LogP contribution in [0.4, 0.5) is 4.39 Å². The molecule has 1 aromatic heterocycles. The van der Waals surface area contributed by atoms with Gasteiger partial charge in [0, 0.05) is 23.6 Å². The van der Waals surface area contributed by atoms with E-state index in [4.69, 9.17) is 5.11 Å². The number of hydrogen-bond acceptors (Lipinski definition) is 1. The van der Waals surface area contributed by atoms with E-state index < -0.39 is 0 Å². The Kier molecular flexibility index (Phi) is 2.04. The van der Waals surface area contributed by atoms with E-state index in [1.54, 1.807) is 6.07 Å². The lowest BCUT2D eigenvalue weighted by atomic mass is 10.1. The normalized spacial score (nSPS) is 11.1. The molecule has 0 fully saturated rings. The average Bonchev–Trinajstić information content (AvgIpc) is 2.39. The molecule has 74 valence electrons. The molecule has 0 saturated heterocycles. The van der Waals surface area contributed by atoms with Gasteiger partial charge in [0.05, 0.1) is 6.61 Å². The van der Waals surface area contributed by atoms with Crippen molar-refractivity contribution >= 4 is 10.9 Å². The van der Waals surface area contributed by atoms with E-state index in [-0.39, 0.29) is 12.4 Å². The molecule has 3 heteroatoms. The van der Waals surface area contributed by atoms with Gasteiger partial charge in [-0.15, -0.1) is 0 Å². The maximum Gasteiger partial charge on any atom is 0.123 e. The minimum atomic E-state index is -0.240. The topological polar surface area (TPSA) is 25.2 Å². The molecule has 0 radical (unpaired) electrons. The van der Waals surface area contributed by atoms with Crippen molar-refractivity contribution in [3.8, 4) is 0 Å². The molecule has 1 aromatic carbocycles. The molecule has 0 aliphatic rings. The van der Waals surface area contributed by atoms with Crippen LogP contribution in [0.2, 0.25) is 0 Å². The quantitative estimate of drug-likeness (QED) is 0.737. The summed E-state index contributed by atoms with van der Waals surface area (Å²) >= 11 is 0. The first-order valence-corrected chi connectivity index (χ1v) is 4.49. The number of halogens is 1. The summed E-state index contributed by atoms with van der Waals surface area (Å²) in [5.74, 6) is -0.240. The van der Waals surface area contributed by atoms with Crippen LogP contribution in [0.15, 0.2) is 18.2 Å². The van der Waals surface area contributed by atoms with E-state index in [0.717, 1.165) is 22.2 Å². The van der Waals surface area contributed by atoms with E-state index in [0.29, 0.717) is 0 Å². The van der Waals surface area contributed by atoms with Gasteiger partial charge >= 0.3 is 0 Å². The van der Waals surface area contributed by atoms with Gasteiger partial charge in [0.25, 0.3) is 0 Å². The zero-order valence-corrected chi connectivity index (χ0v) is 8.21. The molecular weight excluding hydrogens is 181 g/mol. The van der Waals surface area contributed by atoms with Gasteiger partial charge in [-0.2, -0.15) is 0 Å². The van der Waals surface area contributed by atoms with Crippen LogP contribution in [-0.2, 0) is 13.7 Å². The van der Waals surface area contributed by atoms with Crippen LogP contribution < -0.4 is 0 Å². The highest BCUT2D eigenvalue weighted by Gasteiger charge is 2.10. The molecule has 0 atom stereocenters. The second kappa shape index (κ2) is 3.10. The van der Waals surface area contributed by atoms with Crippen LogP contribution in [0.3, 0.4) is 0 Å². The van der Waals surface area contributed by atoms with Crippen molar-refractivity contribution in [3.63, 3.8) is 0 Å². The zero-order valence-electron chi connectivity index (χ0n) is 8.21. The van der Waals surface area contributed by atoms with Crippen molar-refractivity contribution in [1.82, 2.24) is 4.57 Å². The third-order valence-electron chi connectivity index (χ3n) is 2.71. The maximum atomic E-state index is 13.0. The number of aryl methyl sites for hydroxylation is 2. The third kappa shape index (κ3) is 1.13. The Morgan fingerprint density at radius 3 is 2.79 bits per heavy atom. The Bertz CT molecular complexity index is 487. The molecule has 0 bridgehead atoms. The SMILES string of the molecule is Cc1c(CO)n(C)c2ccc(F)cc12. The zero-order chi connectivity index (χ0) is 10.3. The summed E-state index contributed by atoms with van der Waals surface area (Å²) in [5.41, 5.74) is 2.74. The fraction of sp³-hybridized carbons (Fsp3) is 0.273. The summed E-state index contributed by atoms with van der Waals surface area (Å²) in [6.07, 6.45) is 0. The van der Waals surface area contributed by atoms with Crippen LogP contribution in [0.25, 0.3) is 10.9 Å². The van der Waals surface area contributed by atoms with Crippen LogP contribution in [0.5, 0.6) is 0 Å². The number of aliphatic hydroxyl groups is 1. The van der Waals surface area contributed by atoms with E-state index in [1.165, 1.54) is 12.1 Å². The second-order valence-electron chi connectivity index (χ2n) is 3.45. The van der Waals surface area contributed by atoms with Crippen molar-refractivity contribution < 1.29 is 9.50 Å². The first-order chi connectivity index (χ1) is 6.65. The maximum absolute atomic E-state index is 13.0. The summed E-state index contributed by atoms with van der Waals surface area (Å²) in [5, 5.41) is 10.0. The molecule has 2 aromatic rings. The van der Waals surface area contributed by atoms with Crippen molar-refractivity contribution in [2.24, 2.45) is 7.05 Å². The highest BCUT2D eigenvalue weighted by atomic mass is 19.1. The number of aromatic nitrogens is 1. The van der Waals surface area contributed by atoms with Gasteiger partial charge in [0.15, 0.2) is 0 Å². The van der Waals surface area contributed by atoms with E-state index in [9.17, 15) is 4.39 Å². The van der Waals surface area contributed by atoms with Gasteiger partial charge in [-0.05, 0) is 30.7 Å². The molecule has 0 unspecified atom stereocenters.